The first-order chi connectivity index (χ1) is 17.9. The summed E-state index contributed by atoms with van der Waals surface area (Å²) in [6, 6.07) is 7.57. The third-order valence-corrected chi connectivity index (χ3v) is 6.80. The number of carbonyl (C=O) groups excluding carboxylic acids is 1. The number of aliphatic carboxylic acids is 2. The molecule has 0 unspecified atom stereocenters. The Kier molecular flexibility index (Phi) is 14.0. The van der Waals surface area contributed by atoms with E-state index >= 15 is 0 Å². The van der Waals surface area contributed by atoms with Gasteiger partial charge in [-0.25, -0.2) is 0 Å². The van der Waals surface area contributed by atoms with Crippen LogP contribution >= 0.6 is 0 Å². The zero-order valence-electron chi connectivity index (χ0n) is 27.4. The number of carbonyl (C=O) groups is 2. The van der Waals surface area contributed by atoms with Crippen LogP contribution in [0.4, 0.5) is 0 Å². The van der Waals surface area contributed by atoms with Crippen molar-refractivity contribution in [2.24, 2.45) is 0 Å². The first-order valence-corrected chi connectivity index (χ1v) is 14.0. The van der Waals surface area contributed by atoms with Gasteiger partial charge in [0.2, 0.25) is 0 Å². The summed E-state index contributed by atoms with van der Waals surface area (Å²) in [5, 5.41) is 42.6. The van der Waals surface area contributed by atoms with Crippen LogP contribution < -0.4 is 10.2 Å². The van der Waals surface area contributed by atoms with E-state index in [2.05, 4.69) is 41.5 Å². The van der Waals surface area contributed by atoms with Crippen molar-refractivity contribution in [3.05, 3.63) is 57.6 Å². The van der Waals surface area contributed by atoms with Gasteiger partial charge in [-0.1, -0.05) is 107 Å². The minimum atomic E-state index is -1.06. The van der Waals surface area contributed by atoms with Crippen LogP contribution in [-0.4, -0.2) is 59.9 Å². The molecule has 0 aliphatic rings. The molecule has 0 heterocycles. The Hall–Kier alpha value is -1.76. The van der Waals surface area contributed by atoms with Gasteiger partial charge in [-0.3, -0.25) is 4.79 Å². The quantitative estimate of drug-likeness (QED) is 0.416. The maximum absolute atomic E-state index is 12.6. The molecule has 2 aromatic carbocycles. The standard InChI is InChI=1S/2C17H26O3.Ca/c2*1-16(2,3)12-9-11(7-8-14(18)19)10-13(15(12)20)17(4,5)6;/h2*9-10,20H,7-8H2,1-6H3,(H,18,19);/q;;+2/p-2. The van der Waals surface area contributed by atoms with Gasteiger partial charge in [-0.05, 0) is 74.3 Å². The smallest absolute Gasteiger partial charge is 0.872 e. The van der Waals surface area contributed by atoms with Crippen LogP contribution in [0, 0.1) is 0 Å². The van der Waals surface area contributed by atoms with Gasteiger partial charge in [0.15, 0.2) is 0 Å². The minimum Gasteiger partial charge on any atom is -0.872 e. The summed E-state index contributed by atoms with van der Waals surface area (Å²) in [7, 11) is 0. The van der Waals surface area contributed by atoms with E-state index in [9.17, 15) is 24.9 Å². The van der Waals surface area contributed by atoms with Gasteiger partial charge in [-0.2, -0.15) is 0 Å². The molecule has 7 heteroatoms. The molecule has 6 nitrogen and oxygen atoms in total. The Morgan fingerprint density at radius 3 is 1.20 bits per heavy atom. The van der Waals surface area contributed by atoms with Gasteiger partial charge in [0.05, 0.1) is 0 Å². The summed E-state index contributed by atoms with van der Waals surface area (Å²) < 4.78 is 0. The Morgan fingerprint density at radius 2 is 0.927 bits per heavy atom. The summed E-state index contributed by atoms with van der Waals surface area (Å²) in [6.45, 7) is 24.3. The van der Waals surface area contributed by atoms with Gasteiger partial charge < -0.3 is 25.2 Å². The fraction of sp³-hybridized carbons (Fsp3) is 0.588. The van der Waals surface area contributed by atoms with Crippen molar-refractivity contribution >= 4 is 49.7 Å². The predicted molar refractivity (Wildman–Crippen MR) is 164 cm³/mol. The number of phenols is 1. The topological polar surface area (TPSA) is 121 Å². The number of aryl methyl sites for hydroxylation is 2. The molecule has 0 aromatic heterocycles. The van der Waals surface area contributed by atoms with Crippen molar-refractivity contribution in [3.63, 3.8) is 0 Å². The van der Waals surface area contributed by atoms with Crippen molar-refractivity contribution in [2.45, 2.75) is 130 Å². The van der Waals surface area contributed by atoms with Gasteiger partial charge >= 0.3 is 43.7 Å². The van der Waals surface area contributed by atoms with E-state index in [-0.39, 0.29) is 78.0 Å². The van der Waals surface area contributed by atoms with E-state index in [0.717, 1.165) is 33.4 Å². The van der Waals surface area contributed by atoms with Gasteiger partial charge in [0.25, 0.3) is 0 Å². The van der Waals surface area contributed by atoms with Crippen molar-refractivity contribution in [3.8, 4) is 11.5 Å². The molecule has 0 fully saturated rings. The summed E-state index contributed by atoms with van der Waals surface area (Å²) in [5.41, 5.74) is 4.26. The van der Waals surface area contributed by atoms with E-state index < -0.39 is 11.9 Å². The molecular formula is C34H50CaO6. The van der Waals surface area contributed by atoms with Crippen LogP contribution in [0.25, 0.3) is 0 Å². The number of aromatic hydroxyl groups is 1. The predicted octanol–water partition coefficient (Wildman–Crippen LogP) is 5.66. The first-order valence-electron chi connectivity index (χ1n) is 14.0. The molecule has 0 spiro atoms. The number of benzene rings is 2. The minimum absolute atomic E-state index is 0. The summed E-state index contributed by atoms with van der Waals surface area (Å²) >= 11 is 0. The fourth-order valence-electron chi connectivity index (χ4n) is 4.43. The van der Waals surface area contributed by atoms with E-state index in [4.69, 9.17) is 5.11 Å². The molecule has 0 atom stereocenters. The Bertz CT molecular complexity index is 1040. The molecule has 0 aliphatic heterocycles. The van der Waals surface area contributed by atoms with E-state index in [1.165, 1.54) is 0 Å². The zero-order valence-corrected chi connectivity index (χ0v) is 29.6. The summed E-state index contributed by atoms with van der Waals surface area (Å²) in [6.07, 6.45) is 0.972. The molecular weight excluding hydrogens is 544 g/mol. The van der Waals surface area contributed by atoms with Gasteiger partial charge in [0, 0.05) is 12.4 Å². The number of phenolic OH excluding ortho intramolecular Hbond substituents is 1. The third kappa shape index (κ3) is 12.2. The molecule has 2 aromatic rings. The molecule has 0 radical (unpaired) electrons. The molecule has 0 aliphatic carbocycles. The second-order valence-electron chi connectivity index (χ2n) is 14.8. The normalized spacial score (nSPS) is 12.2. The largest absolute Gasteiger partial charge is 2.00 e. The van der Waals surface area contributed by atoms with Gasteiger partial charge in [0.1, 0.15) is 5.75 Å². The molecule has 41 heavy (non-hydrogen) atoms. The second-order valence-corrected chi connectivity index (χ2v) is 14.8. The molecule has 224 valence electrons. The molecule has 0 saturated heterocycles. The van der Waals surface area contributed by atoms with Crippen molar-refractivity contribution in [2.75, 3.05) is 0 Å². The Labute approximate surface area is 277 Å². The number of carboxylic acids is 2. The van der Waals surface area contributed by atoms with Crippen LogP contribution in [0.1, 0.15) is 129 Å². The molecule has 2 rings (SSSR count). The van der Waals surface area contributed by atoms with Crippen LogP contribution in [0.15, 0.2) is 24.3 Å². The van der Waals surface area contributed by atoms with E-state index in [1.54, 1.807) is 0 Å². The van der Waals surface area contributed by atoms with E-state index in [0.29, 0.717) is 18.6 Å². The number of hydrogen-bond acceptors (Lipinski definition) is 5. The Morgan fingerprint density at radius 1 is 0.634 bits per heavy atom. The number of rotatable bonds is 6. The first kappa shape index (κ1) is 39.2. The fourth-order valence-corrected chi connectivity index (χ4v) is 4.43. The average Bonchev–Trinajstić information content (AvgIpc) is 2.74. The second kappa shape index (κ2) is 14.6. The van der Waals surface area contributed by atoms with Crippen LogP contribution in [0.5, 0.6) is 11.5 Å². The van der Waals surface area contributed by atoms with Crippen LogP contribution in [0.3, 0.4) is 0 Å². The maximum Gasteiger partial charge on any atom is 2.00 e. The molecule has 0 amide bonds. The zero-order chi connectivity index (χ0) is 31.4. The third-order valence-electron chi connectivity index (χ3n) is 6.80. The average molecular weight is 595 g/mol. The van der Waals surface area contributed by atoms with E-state index in [1.807, 2.05) is 65.8 Å². The SMILES string of the molecule is CC(C)(C)c1cc(CCC(=O)O)cc(C(C)(C)C)c1O.CC(C)(C)c1cc(CCC(=O)[O-])cc(C(C)(C)C)c1[O-].[Ca+2]. The van der Waals surface area contributed by atoms with Crippen LogP contribution in [0.2, 0.25) is 0 Å². The monoisotopic (exact) mass is 594 g/mol. The Balaban J connectivity index is 0.000000762. The van der Waals surface area contributed by atoms with Crippen molar-refractivity contribution in [1.82, 2.24) is 0 Å². The number of carboxylic acid groups (broad SMARTS) is 2. The van der Waals surface area contributed by atoms with Crippen molar-refractivity contribution in [1.29, 1.82) is 0 Å². The molecule has 0 saturated carbocycles. The molecule has 2 N–H and O–H groups in total. The molecule has 0 bridgehead atoms. The summed E-state index contributed by atoms with van der Waals surface area (Å²) in [5.74, 6) is -1.45. The van der Waals surface area contributed by atoms with Crippen molar-refractivity contribution < 1.29 is 30.0 Å². The van der Waals surface area contributed by atoms with Gasteiger partial charge in [-0.15, -0.1) is 5.75 Å². The van der Waals surface area contributed by atoms with Crippen LogP contribution in [-0.2, 0) is 44.1 Å². The number of hydrogen-bond donors (Lipinski definition) is 2. The summed E-state index contributed by atoms with van der Waals surface area (Å²) in [4.78, 5) is 21.4. The maximum atomic E-state index is 12.6.